The summed E-state index contributed by atoms with van der Waals surface area (Å²) in [6, 6.07) is 0. The summed E-state index contributed by atoms with van der Waals surface area (Å²) in [7, 11) is 0. The molecule has 0 fully saturated rings. The van der Waals surface area contributed by atoms with Crippen LogP contribution < -0.4 is 0 Å². The molecule has 0 aliphatic rings. The molecule has 0 bridgehead atoms. The molecule has 6 nitrogen and oxygen atoms in total. The van der Waals surface area contributed by atoms with E-state index in [1.54, 1.807) is 0 Å². The van der Waals surface area contributed by atoms with Gasteiger partial charge < -0.3 is 14.2 Å². The zero-order valence-corrected chi connectivity index (χ0v) is 40.6. The summed E-state index contributed by atoms with van der Waals surface area (Å²) >= 11 is 0. The van der Waals surface area contributed by atoms with Gasteiger partial charge in [-0.05, 0) is 83.5 Å². The lowest BCUT2D eigenvalue weighted by Crippen LogP contribution is -2.30. The van der Waals surface area contributed by atoms with Crippen molar-refractivity contribution < 1.29 is 28.6 Å². The van der Waals surface area contributed by atoms with Crippen LogP contribution in [0, 0.1) is 0 Å². The van der Waals surface area contributed by atoms with Crippen LogP contribution in [0.15, 0.2) is 72.9 Å². The predicted molar refractivity (Wildman–Crippen MR) is 265 cm³/mol. The first-order valence-corrected chi connectivity index (χ1v) is 26.0. The maximum Gasteiger partial charge on any atom is 0.306 e. The minimum atomic E-state index is -0.807. The quantitative estimate of drug-likeness (QED) is 0.0199. The molecule has 62 heavy (non-hydrogen) atoms. The molecular formula is C56H96O6. The summed E-state index contributed by atoms with van der Waals surface area (Å²) in [5, 5.41) is 0. The van der Waals surface area contributed by atoms with E-state index >= 15 is 0 Å². The molecule has 6 heteroatoms. The van der Waals surface area contributed by atoms with Gasteiger partial charge in [-0.25, -0.2) is 0 Å². The highest BCUT2D eigenvalue weighted by molar-refractivity contribution is 5.71. The highest BCUT2D eigenvalue weighted by Gasteiger charge is 2.19. The third kappa shape index (κ3) is 47.9. The summed E-state index contributed by atoms with van der Waals surface area (Å²) < 4.78 is 16.7. The van der Waals surface area contributed by atoms with Crippen LogP contribution in [-0.2, 0) is 28.6 Å². The van der Waals surface area contributed by atoms with Gasteiger partial charge >= 0.3 is 17.9 Å². The summed E-state index contributed by atoms with van der Waals surface area (Å²) in [6.07, 6.45) is 63.2. The van der Waals surface area contributed by atoms with Crippen molar-refractivity contribution in [3.8, 4) is 0 Å². The van der Waals surface area contributed by atoms with Gasteiger partial charge in [0.15, 0.2) is 6.10 Å². The molecule has 1 unspecified atom stereocenters. The molecule has 0 aromatic rings. The SMILES string of the molecule is CC/C=C/C=C/C=C/CCCCCCCCCC(=O)OC(COC(=O)CC/C=C/C/C=C/CCCCCCCC)COC(=O)CCCCCCC/C=C/CCCCCCCCC. The fourth-order valence-electron chi connectivity index (χ4n) is 7.08. The minimum absolute atomic E-state index is 0.102. The van der Waals surface area contributed by atoms with Crippen LogP contribution in [-0.4, -0.2) is 37.2 Å². The molecule has 356 valence electrons. The lowest BCUT2D eigenvalue weighted by Gasteiger charge is -2.18. The Hall–Kier alpha value is -3.15. The average molecular weight is 865 g/mol. The number of rotatable bonds is 46. The van der Waals surface area contributed by atoms with Crippen LogP contribution in [0.1, 0.15) is 245 Å². The number of unbranched alkanes of at least 4 members (excludes halogenated alkanes) is 25. The van der Waals surface area contributed by atoms with Crippen LogP contribution >= 0.6 is 0 Å². The molecule has 0 spiro atoms. The van der Waals surface area contributed by atoms with Crippen LogP contribution in [0.5, 0.6) is 0 Å². The van der Waals surface area contributed by atoms with Gasteiger partial charge in [-0.1, -0.05) is 216 Å². The Morgan fingerprint density at radius 3 is 1.21 bits per heavy atom. The van der Waals surface area contributed by atoms with Gasteiger partial charge in [0.25, 0.3) is 0 Å². The topological polar surface area (TPSA) is 78.9 Å². The van der Waals surface area contributed by atoms with E-state index < -0.39 is 6.10 Å². The Morgan fingerprint density at radius 1 is 0.355 bits per heavy atom. The van der Waals surface area contributed by atoms with E-state index in [9.17, 15) is 14.4 Å². The highest BCUT2D eigenvalue weighted by atomic mass is 16.6. The van der Waals surface area contributed by atoms with Gasteiger partial charge in [0.2, 0.25) is 0 Å². The number of allylic oxidation sites excluding steroid dienone is 12. The summed E-state index contributed by atoms with van der Waals surface area (Å²) in [5.41, 5.74) is 0. The third-order valence-electron chi connectivity index (χ3n) is 11.0. The molecule has 0 heterocycles. The number of esters is 3. The Kier molecular flexibility index (Phi) is 47.9. The van der Waals surface area contributed by atoms with Crippen molar-refractivity contribution in [1.82, 2.24) is 0 Å². The van der Waals surface area contributed by atoms with Crippen LogP contribution in [0.2, 0.25) is 0 Å². The van der Waals surface area contributed by atoms with Crippen molar-refractivity contribution in [1.29, 1.82) is 0 Å². The zero-order chi connectivity index (χ0) is 45.1. The fraction of sp³-hybridized carbons (Fsp3) is 0.732. The third-order valence-corrected chi connectivity index (χ3v) is 11.0. The fourth-order valence-corrected chi connectivity index (χ4v) is 7.08. The first-order valence-electron chi connectivity index (χ1n) is 26.0. The summed E-state index contributed by atoms with van der Waals surface area (Å²) in [4.78, 5) is 37.9. The van der Waals surface area contributed by atoms with E-state index in [0.717, 1.165) is 77.0 Å². The molecule has 0 aromatic heterocycles. The average Bonchev–Trinajstić information content (AvgIpc) is 3.27. The molecule has 0 rings (SSSR count). The summed E-state index contributed by atoms with van der Waals surface area (Å²) in [5.74, 6) is -0.991. The van der Waals surface area contributed by atoms with Crippen LogP contribution in [0.25, 0.3) is 0 Å². The van der Waals surface area contributed by atoms with Crippen molar-refractivity contribution in [2.24, 2.45) is 0 Å². The Labute approximate surface area is 382 Å². The molecule has 0 aliphatic heterocycles. The molecule has 0 amide bonds. The number of hydrogen-bond acceptors (Lipinski definition) is 6. The second-order valence-electron chi connectivity index (χ2n) is 17.1. The second-order valence-corrected chi connectivity index (χ2v) is 17.1. The lowest BCUT2D eigenvalue weighted by atomic mass is 10.1. The van der Waals surface area contributed by atoms with Crippen molar-refractivity contribution >= 4 is 17.9 Å². The molecular weight excluding hydrogens is 769 g/mol. The maximum absolute atomic E-state index is 12.8. The van der Waals surface area contributed by atoms with Crippen molar-refractivity contribution in [2.45, 2.75) is 252 Å². The second kappa shape index (κ2) is 50.5. The van der Waals surface area contributed by atoms with Gasteiger partial charge in [-0.3, -0.25) is 14.4 Å². The van der Waals surface area contributed by atoms with Gasteiger partial charge in [-0.2, -0.15) is 0 Å². The first kappa shape index (κ1) is 58.9. The normalized spacial score (nSPS) is 12.6. The molecule has 0 radical (unpaired) electrons. The number of ether oxygens (including phenoxy) is 3. The van der Waals surface area contributed by atoms with E-state index in [1.807, 2.05) is 6.08 Å². The molecule has 0 saturated heterocycles. The molecule has 0 aliphatic carbocycles. The number of carbonyl (C=O) groups is 3. The standard InChI is InChI=1S/C56H96O6/c1-4-7-10-13-16-19-22-25-27-29-31-34-37-40-43-46-49-55(58)61-52-53(51-60-54(57)48-45-42-39-36-33-30-24-21-18-15-12-9-6-3)62-56(59)50-47-44-41-38-35-32-28-26-23-20-17-14-11-8-5-2/h8,11,14,17,20,23,27,29-30,33,39,42,53H,4-7,9-10,12-13,15-16,18-19,21-22,24-26,28,31-32,34-38,40-41,43-52H2,1-3H3/b11-8+,17-14+,23-20+,29-27+,33-30+,42-39+. The van der Waals surface area contributed by atoms with E-state index in [2.05, 4.69) is 87.6 Å². The highest BCUT2D eigenvalue weighted by Crippen LogP contribution is 2.14. The van der Waals surface area contributed by atoms with Crippen molar-refractivity contribution in [3.63, 3.8) is 0 Å². The first-order chi connectivity index (χ1) is 30.5. The number of hydrogen-bond donors (Lipinski definition) is 0. The van der Waals surface area contributed by atoms with E-state index in [-0.39, 0.29) is 37.5 Å². The van der Waals surface area contributed by atoms with E-state index in [1.165, 1.54) is 122 Å². The van der Waals surface area contributed by atoms with Gasteiger partial charge in [0, 0.05) is 19.3 Å². The Bertz CT molecular complexity index is 1180. The van der Waals surface area contributed by atoms with Crippen molar-refractivity contribution in [3.05, 3.63) is 72.9 Å². The zero-order valence-electron chi connectivity index (χ0n) is 40.6. The lowest BCUT2D eigenvalue weighted by molar-refractivity contribution is -0.166. The molecule has 0 saturated carbocycles. The Morgan fingerprint density at radius 2 is 0.726 bits per heavy atom. The van der Waals surface area contributed by atoms with Gasteiger partial charge in [0.05, 0.1) is 0 Å². The van der Waals surface area contributed by atoms with E-state index in [0.29, 0.717) is 19.3 Å². The maximum atomic E-state index is 12.8. The number of carbonyl (C=O) groups excluding carboxylic acids is 3. The molecule has 1 atom stereocenters. The molecule has 0 N–H and O–H groups in total. The largest absolute Gasteiger partial charge is 0.462 e. The predicted octanol–water partition coefficient (Wildman–Crippen LogP) is 17.0. The smallest absolute Gasteiger partial charge is 0.306 e. The van der Waals surface area contributed by atoms with E-state index in [4.69, 9.17) is 14.2 Å². The van der Waals surface area contributed by atoms with Crippen LogP contribution in [0.4, 0.5) is 0 Å². The Balaban J connectivity index is 4.46. The van der Waals surface area contributed by atoms with Crippen LogP contribution in [0.3, 0.4) is 0 Å². The monoisotopic (exact) mass is 865 g/mol. The van der Waals surface area contributed by atoms with Gasteiger partial charge in [-0.15, -0.1) is 0 Å². The molecule has 0 aromatic carbocycles. The summed E-state index contributed by atoms with van der Waals surface area (Å²) in [6.45, 7) is 6.43. The minimum Gasteiger partial charge on any atom is -0.462 e. The van der Waals surface area contributed by atoms with Crippen molar-refractivity contribution in [2.75, 3.05) is 13.2 Å². The van der Waals surface area contributed by atoms with Gasteiger partial charge in [0.1, 0.15) is 13.2 Å².